The number of hydrogen-bond acceptors (Lipinski definition) is 6. The zero-order valence-electron chi connectivity index (χ0n) is 10.8. The van der Waals surface area contributed by atoms with Crippen molar-refractivity contribution in [2.24, 2.45) is 0 Å². The van der Waals surface area contributed by atoms with Crippen LogP contribution in [0.1, 0.15) is 10.4 Å². The van der Waals surface area contributed by atoms with Crippen LogP contribution in [0.5, 0.6) is 0 Å². The van der Waals surface area contributed by atoms with E-state index in [1.807, 2.05) is 0 Å². The number of ether oxygens (including phenoxy) is 1. The largest absolute Gasteiger partial charge is 0.477 e. The van der Waals surface area contributed by atoms with E-state index < -0.39 is 37.1 Å². The molecular weight excluding hydrogens is 304 g/mol. The second kappa shape index (κ2) is 5.76. The molecular formula is C11H12N2O7S. The number of aromatic carboxylic acids is 1. The van der Waals surface area contributed by atoms with Crippen molar-refractivity contribution in [2.45, 2.75) is 4.90 Å². The molecule has 1 aliphatic rings. The summed E-state index contributed by atoms with van der Waals surface area (Å²) in [7, 11) is -4.13. The molecule has 1 heterocycles. The third kappa shape index (κ3) is 2.86. The van der Waals surface area contributed by atoms with E-state index in [0.29, 0.717) is 0 Å². The summed E-state index contributed by atoms with van der Waals surface area (Å²) in [5.74, 6) is -1.66. The van der Waals surface area contributed by atoms with Crippen molar-refractivity contribution in [3.63, 3.8) is 0 Å². The quantitative estimate of drug-likeness (QED) is 0.625. The van der Waals surface area contributed by atoms with Gasteiger partial charge in [0.05, 0.1) is 18.1 Å². The van der Waals surface area contributed by atoms with E-state index in [1.165, 1.54) is 0 Å². The molecule has 0 amide bonds. The number of benzene rings is 1. The van der Waals surface area contributed by atoms with Gasteiger partial charge < -0.3 is 9.84 Å². The van der Waals surface area contributed by atoms with Crippen LogP contribution in [0.2, 0.25) is 0 Å². The zero-order valence-corrected chi connectivity index (χ0v) is 11.6. The summed E-state index contributed by atoms with van der Waals surface area (Å²) >= 11 is 0. The lowest BCUT2D eigenvalue weighted by atomic mass is 10.2. The van der Waals surface area contributed by atoms with E-state index in [4.69, 9.17) is 9.84 Å². The number of carbonyl (C=O) groups is 1. The molecule has 0 aromatic heterocycles. The topological polar surface area (TPSA) is 127 Å². The highest BCUT2D eigenvalue weighted by molar-refractivity contribution is 7.89. The van der Waals surface area contributed by atoms with Crippen LogP contribution >= 0.6 is 0 Å². The Kier molecular flexibility index (Phi) is 4.21. The number of nitro groups is 1. The third-order valence-electron chi connectivity index (χ3n) is 3.00. The van der Waals surface area contributed by atoms with Crippen LogP contribution in [-0.4, -0.2) is 55.0 Å². The van der Waals surface area contributed by atoms with Crippen molar-refractivity contribution in [3.8, 4) is 0 Å². The fourth-order valence-corrected chi connectivity index (χ4v) is 3.64. The second-order valence-corrected chi connectivity index (χ2v) is 6.14. The fourth-order valence-electron chi connectivity index (χ4n) is 2.03. The Bertz CT molecular complexity index is 680. The van der Waals surface area contributed by atoms with Gasteiger partial charge in [-0.25, -0.2) is 13.2 Å². The number of carboxylic acids is 1. The first-order valence-corrected chi connectivity index (χ1v) is 7.38. The van der Waals surface area contributed by atoms with Crippen LogP contribution in [0.3, 0.4) is 0 Å². The minimum absolute atomic E-state index is 0.0735. The van der Waals surface area contributed by atoms with Crippen LogP contribution in [0, 0.1) is 10.1 Å². The predicted octanol–water partition coefficient (Wildman–Crippen LogP) is 0.314. The second-order valence-electron chi connectivity index (χ2n) is 4.23. The van der Waals surface area contributed by atoms with Crippen LogP contribution in [0.4, 0.5) is 5.69 Å². The molecule has 1 aromatic rings. The van der Waals surface area contributed by atoms with E-state index in [1.54, 1.807) is 0 Å². The van der Waals surface area contributed by atoms with Crippen molar-refractivity contribution in [3.05, 3.63) is 33.9 Å². The highest BCUT2D eigenvalue weighted by Gasteiger charge is 2.34. The van der Waals surface area contributed by atoms with Crippen molar-refractivity contribution in [1.29, 1.82) is 0 Å². The Morgan fingerprint density at radius 1 is 1.33 bits per heavy atom. The summed E-state index contributed by atoms with van der Waals surface area (Å²) in [5, 5.41) is 20.0. The number of morpholine rings is 1. The van der Waals surface area contributed by atoms with E-state index >= 15 is 0 Å². The molecule has 1 aliphatic heterocycles. The van der Waals surface area contributed by atoms with Crippen LogP contribution < -0.4 is 0 Å². The van der Waals surface area contributed by atoms with Crippen molar-refractivity contribution < 1.29 is 28.0 Å². The maximum Gasteiger partial charge on any atom is 0.344 e. The number of carboxylic acid groups (broad SMARTS) is 1. The molecule has 1 fully saturated rings. The van der Waals surface area contributed by atoms with Crippen LogP contribution in [0.25, 0.3) is 0 Å². The maximum atomic E-state index is 12.5. The van der Waals surface area contributed by atoms with Gasteiger partial charge in [-0.2, -0.15) is 4.31 Å². The average molecular weight is 316 g/mol. The Balaban J connectivity index is 2.60. The minimum atomic E-state index is -4.13. The molecule has 2 rings (SSSR count). The Morgan fingerprint density at radius 3 is 2.48 bits per heavy atom. The number of rotatable bonds is 4. The molecule has 0 aliphatic carbocycles. The van der Waals surface area contributed by atoms with Gasteiger partial charge in [0.1, 0.15) is 4.90 Å². The minimum Gasteiger partial charge on any atom is -0.477 e. The van der Waals surface area contributed by atoms with Gasteiger partial charge >= 0.3 is 5.97 Å². The molecule has 0 radical (unpaired) electrons. The molecule has 1 N–H and O–H groups in total. The van der Waals surface area contributed by atoms with Gasteiger partial charge in [0.2, 0.25) is 10.0 Å². The number of nitro benzene ring substituents is 1. The monoisotopic (exact) mass is 316 g/mol. The molecule has 21 heavy (non-hydrogen) atoms. The number of sulfonamides is 1. The first-order chi connectivity index (χ1) is 9.85. The smallest absolute Gasteiger partial charge is 0.344 e. The normalized spacial score (nSPS) is 16.6. The molecule has 10 heteroatoms. The van der Waals surface area contributed by atoms with Gasteiger partial charge in [0, 0.05) is 19.2 Å². The molecule has 0 spiro atoms. The van der Waals surface area contributed by atoms with Gasteiger partial charge in [0.15, 0.2) is 5.56 Å². The average Bonchev–Trinajstić information content (AvgIpc) is 2.47. The molecule has 0 bridgehead atoms. The lowest BCUT2D eigenvalue weighted by Gasteiger charge is -2.26. The molecule has 0 unspecified atom stereocenters. The van der Waals surface area contributed by atoms with Gasteiger partial charge in [-0.1, -0.05) is 6.07 Å². The zero-order chi connectivity index (χ0) is 15.6. The summed E-state index contributed by atoms with van der Waals surface area (Å²) in [6, 6.07) is 3.17. The van der Waals surface area contributed by atoms with Gasteiger partial charge in [-0.05, 0) is 6.07 Å². The molecule has 1 saturated heterocycles. The Hall–Kier alpha value is -2.04. The summed E-state index contributed by atoms with van der Waals surface area (Å²) in [5.41, 5.74) is -1.58. The Labute approximate surface area is 119 Å². The lowest BCUT2D eigenvalue weighted by molar-refractivity contribution is -0.385. The summed E-state index contributed by atoms with van der Waals surface area (Å²) < 4.78 is 31.0. The van der Waals surface area contributed by atoms with Gasteiger partial charge in [-0.3, -0.25) is 10.1 Å². The molecule has 0 atom stereocenters. The highest BCUT2D eigenvalue weighted by atomic mass is 32.2. The number of hydrogen-bond donors (Lipinski definition) is 1. The maximum absolute atomic E-state index is 12.5. The van der Waals surface area contributed by atoms with E-state index in [-0.39, 0.29) is 26.3 Å². The van der Waals surface area contributed by atoms with Crippen molar-refractivity contribution in [2.75, 3.05) is 26.3 Å². The molecule has 1 aromatic carbocycles. The fraction of sp³-hybridized carbons (Fsp3) is 0.364. The van der Waals surface area contributed by atoms with E-state index in [9.17, 15) is 23.3 Å². The number of nitrogens with zero attached hydrogens (tertiary/aromatic N) is 2. The van der Waals surface area contributed by atoms with E-state index in [2.05, 4.69) is 0 Å². The van der Waals surface area contributed by atoms with Crippen molar-refractivity contribution >= 4 is 21.7 Å². The first-order valence-electron chi connectivity index (χ1n) is 5.94. The molecule has 9 nitrogen and oxygen atoms in total. The van der Waals surface area contributed by atoms with E-state index in [0.717, 1.165) is 22.5 Å². The van der Waals surface area contributed by atoms with Crippen LogP contribution in [0.15, 0.2) is 23.1 Å². The predicted molar refractivity (Wildman–Crippen MR) is 69.6 cm³/mol. The molecule has 114 valence electrons. The first kappa shape index (κ1) is 15.4. The SMILES string of the molecule is O=C(O)c1c([N+](=O)[O-])cccc1S(=O)(=O)N1CCOCC1. The molecule has 0 saturated carbocycles. The summed E-state index contributed by atoms with van der Waals surface area (Å²) in [6.45, 7) is 0.529. The van der Waals surface area contributed by atoms with Crippen LogP contribution in [-0.2, 0) is 14.8 Å². The lowest BCUT2D eigenvalue weighted by Crippen LogP contribution is -2.41. The van der Waals surface area contributed by atoms with Crippen molar-refractivity contribution in [1.82, 2.24) is 4.31 Å². The standard InChI is InChI=1S/C11H12N2O7S/c14-11(15)10-8(13(16)17)2-1-3-9(10)21(18,19)12-4-6-20-7-5-12/h1-3H,4-7H2,(H,14,15). The highest BCUT2D eigenvalue weighted by Crippen LogP contribution is 2.28. The summed E-state index contributed by atoms with van der Waals surface area (Å²) in [6.07, 6.45) is 0. The summed E-state index contributed by atoms with van der Waals surface area (Å²) in [4.78, 5) is 20.7. The third-order valence-corrected chi connectivity index (χ3v) is 4.94. The van der Waals surface area contributed by atoms with Gasteiger partial charge in [-0.15, -0.1) is 0 Å². The Morgan fingerprint density at radius 2 is 1.95 bits per heavy atom. The van der Waals surface area contributed by atoms with Gasteiger partial charge in [0.25, 0.3) is 5.69 Å².